The van der Waals surface area contributed by atoms with Crippen molar-refractivity contribution < 1.29 is 4.39 Å². The maximum absolute atomic E-state index is 13.1. The minimum absolute atomic E-state index is 0.142. The number of hydrogen-bond donors (Lipinski definition) is 0. The number of rotatable bonds is 4. The normalized spacial score (nSPS) is 15.0. The van der Waals surface area contributed by atoms with Crippen LogP contribution in [-0.2, 0) is 6.42 Å². The highest BCUT2D eigenvalue weighted by molar-refractivity contribution is 6.30. The van der Waals surface area contributed by atoms with Gasteiger partial charge < -0.3 is 0 Å². The lowest BCUT2D eigenvalue weighted by molar-refractivity contribution is 0.528. The first-order chi connectivity index (χ1) is 7.04. The summed E-state index contributed by atoms with van der Waals surface area (Å²) in [7, 11) is 0. The molecule has 1 rings (SSSR count). The summed E-state index contributed by atoms with van der Waals surface area (Å²) in [6.07, 6.45) is 1.72. The van der Waals surface area contributed by atoms with Crippen LogP contribution in [0.3, 0.4) is 0 Å². The molecule has 2 atom stereocenters. The van der Waals surface area contributed by atoms with E-state index >= 15 is 0 Å². The van der Waals surface area contributed by atoms with E-state index in [-0.39, 0.29) is 16.2 Å². The third-order valence-electron chi connectivity index (χ3n) is 2.55. The standard InChI is InChI=1S/C12H15Cl2F/c1-3-10(13)8(2)6-9-4-5-11(14)12(15)7-9/h4-5,7-8,10H,3,6H2,1-2H3. The van der Waals surface area contributed by atoms with Gasteiger partial charge in [0, 0.05) is 5.38 Å². The lowest BCUT2D eigenvalue weighted by Crippen LogP contribution is -2.13. The summed E-state index contributed by atoms with van der Waals surface area (Å²) in [6, 6.07) is 4.92. The Morgan fingerprint density at radius 1 is 1.40 bits per heavy atom. The second-order valence-corrected chi connectivity index (χ2v) is 4.82. The van der Waals surface area contributed by atoms with E-state index in [1.54, 1.807) is 6.07 Å². The van der Waals surface area contributed by atoms with Crippen molar-refractivity contribution in [1.82, 2.24) is 0 Å². The average Bonchev–Trinajstić information content (AvgIpc) is 2.22. The molecule has 0 fully saturated rings. The van der Waals surface area contributed by atoms with E-state index in [4.69, 9.17) is 23.2 Å². The fourth-order valence-corrected chi connectivity index (χ4v) is 1.78. The molecule has 0 aliphatic rings. The Balaban J connectivity index is 2.68. The molecule has 0 saturated carbocycles. The zero-order chi connectivity index (χ0) is 11.4. The van der Waals surface area contributed by atoms with Crippen LogP contribution in [0, 0.1) is 11.7 Å². The van der Waals surface area contributed by atoms with Crippen LogP contribution in [0.25, 0.3) is 0 Å². The van der Waals surface area contributed by atoms with Gasteiger partial charge in [0.1, 0.15) is 5.82 Å². The molecule has 0 radical (unpaired) electrons. The highest BCUT2D eigenvalue weighted by Gasteiger charge is 2.13. The molecule has 0 heterocycles. The summed E-state index contributed by atoms with van der Waals surface area (Å²) in [5, 5.41) is 0.313. The molecular formula is C12H15Cl2F. The molecule has 0 aliphatic carbocycles. The molecule has 84 valence electrons. The fraction of sp³-hybridized carbons (Fsp3) is 0.500. The van der Waals surface area contributed by atoms with Crippen LogP contribution in [0.2, 0.25) is 5.02 Å². The molecule has 0 aromatic heterocycles. The predicted octanol–water partition coefficient (Wildman–Crippen LogP) is 4.68. The van der Waals surface area contributed by atoms with E-state index < -0.39 is 0 Å². The van der Waals surface area contributed by atoms with Crippen LogP contribution < -0.4 is 0 Å². The smallest absolute Gasteiger partial charge is 0.142 e. The third kappa shape index (κ3) is 3.66. The highest BCUT2D eigenvalue weighted by atomic mass is 35.5. The van der Waals surface area contributed by atoms with Gasteiger partial charge in [0.15, 0.2) is 0 Å². The molecule has 0 nitrogen and oxygen atoms in total. The number of alkyl halides is 1. The van der Waals surface area contributed by atoms with Crippen LogP contribution >= 0.6 is 23.2 Å². The Kier molecular flexibility index (Phi) is 4.88. The van der Waals surface area contributed by atoms with Gasteiger partial charge in [-0.2, -0.15) is 0 Å². The molecule has 0 N–H and O–H groups in total. The Labute approximate surface area is 100 Å². The largest absolute Gasteiger partial charge is 0.205 e. The van der Waals surface area contributed by atoms with Gasteiger partial charge in [-0.1, -0.05) is 31.5 Å². The van der Waals surface area contributed by atoms with Gasteiger partial charge >= 0.3 is 0 Å². The summed E-state index contributed by atoms with van der Waals surface area (Å²) < 4.78 is 13.1. The Bertz CT molecular complexity index is 325. The zero-order valence-electron chi connectivity index (χ0n) is 8.93. The quantitative estimate of drug-likeness (QED) is 0.680. The van der Waals surface area contributed by atoms with Gasteiger partial charge in [0.2, 0.25) is 0 Å². The van der Waals surface area contributed by atoms with E-state index in [1.807, 2.05) is 6.07 Å². The molecule has 0 bridgehead atoms. The SMILES string of the molecule is CCC(Cl)C(C)Cc1ccc(Cl)c(F)c1. The average molecular weight is 249 g/mol. The van der Waals surface area contributed by atoms with Gasteiger partial charge in [0.25, 0.3) is 0 Å². The summed E-state index contributed by atoms with van der Waals surface area (Å²) in [5.41, 5.74) is 0.948. The molecule has 0 aliphatic heterocycles. The summed E-state index contributed by atoms with van der Waals surface area (Å²) in [5.74, 6) is -0.0128. The van der Waals surface area contributed by atoms with Crippen molar-refractivity contribution >= 4 is 23.2 Å². The van der Waals surface area contributed by atoms with Gasteiger partial charge in [-0.25, -0.2) is 4.39 Å². The van der Waals surface area contributed by atoms with Crippen LogP contribution in [-0.4, -0.2) is 5.38 Å². The molecule has 15 heavy (non-hydrogen) atoms. The first-order valence-electron chi connectivity index (χ1n) is 5.12. The first-order valence-corrected chi connectivity index (χ1v) is 5.94. The van der Waals surface area contributed by atoms with Crippen molar-refractivity contribution in [3.05, 3.63) is 34.6 Å². The van der Waals surface area contributed by atoms with E-state index in [9.17, 15) is 4.39 Å². The topological polar surface area (TPSA) is 0 Å². The van der Waals surface area contributed by atoms with E-state index in [1.165, 1.54) is 6.07 Å². The van der Waals surface area contributed by atoms with E-state index in [0.29, 0.717) is 5.92 Å². The molecule has 3 heteroatoms. The molecule has 0 saturated heterocycles. The third-order valence-corrected chi connectivity index (χ3v) is 3.59. The van der Waals surface area contributed by atoms with E-state index in [0.717, 1.165) is 18.4 Å². The fourth-order valence-electron chi connectivity index (χ4n) is 1.57. The molecule has 2 unspecified atom stereocenters. The Morgan fingerprint density at radius 2 is 2.07 bits per heavy atom. The monoisotopic (exact) mass is 248 g/mol. The lowest BCUT2D eigenvalue weighted by Gasteiger charge is -2.16. The second-order valence-electron chi connectivity index (χ2n) is 3.85. The highest BCUT2D eigenvalue weighted by Crippen LogP contribution is 2.21. The number of hydrogen-bond acceptors (Lipinski definition) is 0. The van der Waals surface area contributed by atoms with Gasteiger partial charge in [-0.05, 0) is 36.5 Å². The molecule has 1 aromatic carbocycles. The van der Waals surface area contributed by atoms with Crippen LogP contribution in [0.5, 0.6) is 0 Å². The van der Waals surface area contributed by atoms with Crippen molar-refractivity contribution in [3.8, 4) is 0 Å². The number of halogens is 3. The minimum atomic E-state index is -0.357. The maximum Gasteiger partial charge on any atom is 0.142 e. The van der Waals surface area contributed by atoms with Crippen molar-refractivity contribution in [2.75, 3.05) is 0 Å². The maximum atomic E-state index is 13.1. The van der Waals surface area contributed by atoms with Crippen LogP contribution in [0.1, 0.15) is 25.8 Å². The van der Waals surface area contributed by atoms with Gasteiger partial charge in [0.05, 0.1) is 5.02 Å². The lowest BCUT2D eigenvalue weighted by atomic mass is 9.96. The van der Waals surface area contributed by atoms with Gasteiger partial charge in [-0.15, -0.1) is 11.6 Å². The van der Waals surface area contributed by atoms with Crippen molar-refractivity contribution in [1.29, 1.82) is 0 Å². The Hall–Kier alpha value is -0.270. The van der Waals surface area contributed by atoms with Crippen LogP contribution in [0.15, 0.2) is 18.2 Å². The number of benzene rings is 1. The van der Waals surface area contributed by atoms with Crippen molar-refractivity contribution in [2.24, 2.45) is 5.92 Å². The van der Waals surface area contributed by atoms with Crippen molar-refractivity contribution in [2.45, 2.75) is 32.1 Å². The molecule has 1 aromatic rings. The Morgan fingerprint density at radius 3 is 2.60 bits per heavy atom. The predicted molar refractivity (Wildman–Crippen MR) is 64.2 cm³/mol. The van der Waals surface area contributed by atoms with E-state index in [2.05, 4.69) is 13.8 Å². The molecular weight excluding hydrogens is 234 g/mol. The molecule has 0 spiro atoms. The first kappa shape index (κ1) is 12.8. The van der Waals surface area contributed by atoms with Crippen molar-refractivity contribution in [3.63, 3.8) is 0 Å². The summed E-state index contributed by atoms with van der Waals surface area (Å²) >= 11 is 11.7. The van der Waals surface area contributed by atoms with Crippen LogP contribution in [0.4, 0.5) is 4.39 Å². The molecule has 0 amide bonds. The summed E-state index contributed by atoms with van der Waals surface area (Å²) in [4.78, 5) is 0. The minimum Gasteiger partial charge on any atom is -0.205 e. The second kappa shape index (κ2) is 5.72. The summed E-state index contributed by atoms with van der Waals surface area (Å²) in [6.45, 7) is 4.13. The van der Waals surface area contributed by atoms with Gasteiger partial charge in [-0.3, -0.25) is 0 Å². The zero-order valence-corrected chi connectivity index (χ0v) is 10.4.